The first-order chi connectivity index (χ1) is 10.1. The highest BCUT2D eigenvalue weighted by molar-refractivity contribution is 6.30. The number of methoxy groups -OCH3 is 1. The highest BCUT2D eigenvalue weighted by Gasteiger charge is 2.00. The Hall–Kier alpha value is -1.81. The third kappa shape index (κ3) is 8.15. The molecule has 0 spiro atoms. The molecule has 0 saturated carbocycles. The molecule has 0 saturated heterocycles. The van der Waals surface area contributed by atoms with E-state index in [1.54, 1.807) is 18.2 Å². The van der Waals surface area contributed by atoms with Crippen LogP contribution in [0.1, 0.15) is 31.2 Å². The van der Waals surface area contributed by atoms with Crippen LogP contribution in [0.5, 0.6) is 0 Å². The van der Waals surface area contributed by atoms with E-state index in [4.69, 9.17) is 11.6 Å². The van der Waals surface area contributed by atoms with Gasteiger partial charge in [0.15, 0.2) is 0 Å². The molecule has 1 N–H and O–H groups in total. The van der Waals surface area contributed by atoms with Gasteiger partial charge in [-0.2, -0.15) is 0 Å². The second-order valence-corrected chi connectivity index (χ2v) is 5.00. The van der Waals surface area contributed by atoms with Crippen LogP contribution in [0.25, 0.3) is 6.08 Å². The van der Waals surface area contributed by atoms with Gasteiger partial charge in [0.05, 0.1) is 7.11 Å². The third-order valence-electron chi connectivity index (χ3n) is 2.86. The fraction of sp³-hybridized carbons (Fsp3) is 0.375. The predicted octanol–water partition coefficient (Wildman–Crippen LogP) is 3.20. The minimum Gasteiger partial charge on any atom is -0.469 e. The summed E-state index contributed by atoms with van der Waals surface area (Å²) in [7, 11) is 1.38. The van der Waals surface area contributed by atoms with E-state index < -0.39 is 0 Å². The number of hydrogen-bond donors (Lipinski definition) is 1. The molecule has 1 amide bonds. The number of carbonyl (C=O) groups excluding carboxylic acids is 2. The Morgan fingerprint density at radius 3 is 2.81 bits per heavy atom. The molecule has 0 aliphatic rings. The Balaban J connectivity index is 2.15. The number of benzene rings is 1. The summed E-state index contributed by atoms with van der Waals surface area (Å²) in [5, 5.41) is 3.44. The summed E-state index contributed by atoms with van der Waals surface area (Å²) in [5.41, 5.74) is 0.885. The highest BCUT2D eigenvalue weighted by Crippen LogP contribution is 2.11. The van der Waals surface area contributed by atoms with Crippen LogP contribution in [-0.4, -0.2) is 25.5 Å². The number of hydrogen-bond acceptors (Lipinski definition) is 3. The quantitative estimate of drug-likeness (QED) is 0.456. The molecular formula is C16H20ClNO3. The monoisotopic (exact) mass is 309 g/mol. The van der Waals surface area contributed by atoms with Crippen LogP contribution in [-0.2, 0) is 14.3 Å². The minimum absolute atomic E-state index is 0.136. The molecule has 21 heavy (non-hydrogen) atoms. The first-order valence-corrected chi connectivity index (χ1v) is 7.28. The number of halogens is 1. The summed E-state index contributed by atoms with van der Waals surface area (Å²) in [4.78, 5) is 22.5. The number of nitrogens with one attached hydrogen (secondary N) is 1. The Morgan fingerprint density at radius 1 is 1.29 bits per heavy atom. The van der Waals surface area contributed by atoms with Crippen molar-refractivity contribution < 1.29 is 14.3 Å². The van der Waals surface area contributed by atoms with Crippen molar-refractivity contribution in [2.45, 2.75) is 25.7 Å². The lowest BCUT2D eigenvalue weighted by Crippen LogP contribution is -2.22. The molecule has 1 aromatic rings. The van der Waals surface area contributed by atoms with E-state index in [2.05, 4.69) is 10.1 Å². The highest BCUT2D eigenvalue weighted by atomic mass is 35.5. The molecule has 1 rings (SSSR count). The summed E-state index contributed by atoms with van der Waals surface area (Å²) in [6.07, 6.45) is 6.14. The molecule has 0 atom stereocenters. The van der Waals surface area contributed by atoms with Gasteiger partial charge in [-0.25, -0.2) is 0 Å². The average Bonchev–Trinajstić information content (AvgIpc) is 2.48. The number of ether oxygens (including phenoxy) is 1. The largest absolute Gasteiger partial charge is 0.469 e. The zero-order valence-corrected chi connectivity index (χ0v) is 12.9. The lowest BCUT2D eigenvalue weighted by atomic mass is 10.2. The minimum atomic E-state index is -0.191. The molecule has 0 fully saturated rings. The number of rotatable bonds is 8. The molecule has 4 nitrogen and oxygen atoms in total. The van der Waals surface area contributed by atoms with Crippen LogP contribution >= 0.6 is 11.6 Å². The fourth-order valence-electron chi connectivity index (χ4n) is 1.73. The molecule has 0 unspecified atom stereocenters. The fourth-order valence-corrected chi connectivity index (χ4v) is 1.92. The number of unbranched alkanes of at least 4 members (excludes halogenated alkanes) is 2. The lowest BCUT2D eigenvalue weighted by Gasteiger charge is -2.02. The van der Waals surface area contributed by atoms with Crippen molar-refractivity contribution in [1.82, 2.24) is 5.32 Å². The summed E-state index contributed by atoms with van der Waals surface area (Å²) in [6, 6.07) is 7.29. The van der Waals surface area contributed by atoms with Gasteiger partial charge in [0, 0.05) is 24.1 Å². The van der Waals surface area contributed by atoms with Crippen molar-refractivity contribution in [2.24, 2.45) is 0 Å². The van der Waals surface area contributed by atoms with Crippen molar-refractivity contribution in [3.63, 3.8) is 0 Å². The van der Waals surface area contributed by atoms with Gasteiger partial charge in [-0.05, 0) is 36.6 Å². The van der Waals surface area contributed by atoms with Gasteiger partial charge in [0.2, 0.25) is 5.91 Å². The van der Waals surface area contributed by atoms with Crippen molar-refractivity contribution in [3.8, 4) is 0 Å². The van der Waals surface area contributed by atoms with Crippen LogP contribution in [0, 0.1) is 0 Å². The smallest absolute Gasteiger partial charge is 0.305 e. The summed E-state index contributed by atoms with van der Waals surface area (Å²) in [5.74, 6) is -0.327. The van der Waals surface area contributed by atoms with E-state index in [-0.39, 0.29) is 11.9 Å². The molecule has 1 aromatic carbocycles. The van der Waals surface area contributed by atoms with Crippen LogP contribution < -0.4 is 5.32 Å². The van der Waals surface area contributed by atoms with Crippen molar-refractivity contribution >= 4 is 29.6 Å². The summed E-state index contributed by atoms with van der Waals surface area (Å²) in [6.45, 7) is 0.597. The van der Waals surface area contributed by atoms with E-state index in [0.29, 0.717) is 18.0 Å². The van der Waals surface area contributed by atoms with Gasteiger partial charge >= 0.3 is 5.97 Å². The van der Waals surface area contributed by atoms with Crippen LogP contribution in [0.2, 0.25) is 5.02 Å². The Kier molecular flexibility index (Phi) is 8.21. The van der Waals surface area contributed by atoms with E-state index in [1.807, 2.05) is 12.1 Å². The maximum atomic E-state index is 11.6. The van der Waals surface area contributed by atoms with Crippen molar-refractivity contribution in [2.75, 3.05) is 13.7 Å². The molecule has 0 aromatic heterocycles. The predicted molar refractivity (Wildman–Crippen MR) is 84.0 cm³/mol. The lowest BCUT2D eigenvalue weighted by molar-refractivity contribution is -0.140. The molecular weight excluding hydrogens is 290 g/mol. The molecule has 114 valence electrons. The van der Waals surface area contributed by atoms with Crippen molar-refractivity contribution in [1.29, 1.82) is 0 Å². The molecule has 0 bridgehead atoms. The van der Waals surface area contributed by atoms with Gasteiger partial charge in [0.1, 0.15) is 0 Å². The van der Waals surface area contributed by atoms with Gasteiger partial charge in [0.25, 0.3) is 0 Å². The first-order valence-electron chi connectivity index (χ1n) is 6.90. The maximum Gasteiger partial charge on any atom is 0.305 e. The molecule has 0 radical (unpaired) electrons. The Labute approximate surface area is 130 Å². The van der Waals surface area contributed by atoms with E-state index >= 15 is 0 Å². The third-order valence-corrected chi connectivity index (χ3v) is 3.10. The second kappa shape index (κ2) is 10.00. The van der Waals surface area contributed by atoms with Gasteiger partial charge in [-0.3, -0.25) is 9.59 Å². The molecule has 0 aliphatic heterocycles. The normalized spacial score (nSPS) is 10.6. The Bertz CT molecular complexity index is 500. The zero-order chi connectivity index (χ0) is 15.5. The van der Waals surface area contributed by atoms with Crippen molar-refractivity contribution in [3.05, 3.63) is 40.9 Å². The van der Waals surface area contributed by atoms with Gasteiger partial charge in [-0.15, -0.1) is 0 Å². The Morgan fingerprint density at radius 2 is 2.10 bits per heavy atom. The molecule has 5 heteroatoms. The van der Waals surface area contributed by atoms with E-state index in [9.17, 15) is 9.59 Å². The molecule has 0 aliphatic carbocycles. The zero-order valence-electron chi connectivity index (χ0n) is 12.1. The second-order valence-electron chi connectivity index (χ2n) is 4.57. The van der Waals surface area contributed by atoms with Crippen LogP contribution in [0.3, 0.4) is 0 Å². The summed E-state index contributed by atoms with van der Waals surface area (Å²) < 4.78 is 4.55. The van der Waals surface area contributed by atoms with Gasteiger partial charge < -0.3 is 10.1 Å². The SMILES string of the molecule is COC(=O)CCCCCNC(=O)C=Cc1cccc(Cl)c1. The maximum absolute atomic E-state index is 11.6. The topological polar surface area (TPSA) is 55.4 Å². The average molecular weight is 310 g/mol. The summed E-state index contributed by atoms with van der Waals surface area (Å²) >= 11 is 5.86. The standard InChI is InChI=1S/C16H20ClNO3/c1-21-16(20)8-3-2-4-11-18-15(19)10-9-13-6-5-7-14(17)12-13/h5-7,9-10,12H,2-4,8,11H2,1H3,(H,18,19). The van der Waals surface area contributed by atoms with Crippen LogP contribution in [0.4, 0.5) is 0 Å². The number of carbonyl (C=O) groups is 2. The first kappa shape index (κ1) is 17.2. The van der Waals surface area contributed by atoms with Crippen LogP contribution in [0.15, 0.2) is 30.3 Å². The number of amides is 1. The van der Waals surface area contributed by atoms with E-state index in [0.717, 1.165) is 24.8 Å². The van der Waals surface area contributed by atoms with Gasteiger partial charge in [-0.1, -0.05) is 30.2 Å². The van der Waals surface area contributed by atoms with E-state index in [1.165, 1.54) is 13.2 Å². The molecule has 0 heterocycles. The number of esters is 1.